The Hall–Kier alpha value is -1.36. The Kier molecular flexibility index (Phi) is 5.85. The molecule has 0 saturated heterocycles. The van der Waals surface area contributed by atoms with Crippen LogP contribution < -0.4 is 17.0 Å². The van der Waals surface area contributed by atoms with Crippen LogP contribution in [0.4, 0.5) is 0 Å². The summed E-state index contributed by atoms with van der Waals surface area (Å²) < 4.78 is 3.91. The summed E-state index contributed by atoms with van der Waals surface area (Å²) in [6.45, 7) is 1.01. The van der Waals surface area contributed by atoms with Crippen molar-refractivity contribution in [1.29, 1.82) is 0 Å². The van der Waals surface area contributed by atoms with Crippen LogP contribution >= 0.6 is 0 Å². The van der Waals surface area contributed by atoms with Crippen LogP contribution in [0, 0.1) is 0 Å². The fourth-order valence-corrected chi connectivity index (χ4v) is 1.74. The maximum Gasteiger partial charge on any atom is 0.244 e. The lowest BCUT2D eigenvalue weighted by atomic mass is 10.2. The third kappa shape index (κ3) is 4.14. The number of aliphatic hydroxyl groups is 2. The van der Waals surface area contributed by atoms with Gasteiger partial charge in [0, 0.05) is 0 Å². The van der Waals surface area contributed by atoms with Crippen LogP contribution in [0.15, 0.2) is 49.1 Å². The summed E-state index contributed by atoms with van der Waals surface area (Å²) in [5.41, 5.74) is 1.23. The Morgan fingerprint density at radius 1 is 1.22 bits per heavy atom. The minimum absolute atomic E-state index is 0. The molecule has 2 rings (SSSR count). The number of aliphatic hydroxyl groups excluding tert-OH is 2. The van der Waals surface area contributed by atoms with Gasteiger partial charge in [0.15, 0.2) is 0 Å². The van der Waals surface area contributed by atoms with Crippen LogP contribution in [-0.2, 0) is 13.1 Å². The van der Waals surface area contributed by atoms with Crippen LogP contribution in [0.1, 0.15) is 5.56 Å². The van der Waals surface area contributed by atoms with Gasteiger partial charge < -0.3 is 22.6 Å². The second-order valence-corrected chi connectivity index (χ2v) is 4.10. The van der Waals surface area contributed by atoms with E-state index in [1.807, 2.05) is 46.1 Å². The van der Waals surface area contributed by atoms with Crippen LogP contribution in [-0.4, -0.2) is 27.5 Å². The molecule has 98 valence electrons. The van der Waals surface area contributed by atoms with Gasteiger partial charge in [-0.15, -0.1) is 0 Å². The van der Waals surface area contributed by atoms with Crippen molar-refractivity contribution in [3.05, 3.63) is 54.6 Å². The van der Waals surface area contributed by atoms with Gasteiger partial charge in [-0.05, 0) is 5.56 Å². The molecule has 0 spiro atoms. The number of hydrogen-bond donors (Lipinski definition) is 2. The van der Waals surface area contributed by atoms with Crippen molar-refractivity contribution in [2.45, 2.75) is 19.2 Å². The third-order valence-corrected chi connectivity index (χ3v) is 2.59. The number of imidazole rings is 1. The first-order valence-corrected chi connectivity index (χ1v) is 5.65. The van der Waals surface area contributed by atoms with Gasteiger partial charge in [0.2, 0.25) is 6.33 Å². The van der Waals surface area contributed by atoms with Crippen LogP contribution in [0.3, 0.4) is 0 Å². The predicted molar refractivity (Wildman–Crippen MR) is 63.3 cm³/mol. The van der Waals surface area contributed by atoms with Gasteiger partial charge in [0.1, 0.15) is 31.6 Å². The lowest BCUT2D eigenvalue weighted by molar-refractivity contribution is -0.703. The summed E-state index contributed by atoms with van der Waals surface area (Å²) in [5, 5.41) is 18.1. The highest BCUT2D eigenvalue weighted by atomic mass is 35.5. The van der Waals surface area contributed by atoms with Gasteiger partial charge in [-0.2, -0.15) is 0 Å². The summed E-state index contributed by atoms with van der Waals surface area (Å²) in [6, 6.07) is 10.2. The molecular weight excluding hydrogens is 252 g/mol. The van der Waals surface area contributed by atoms with E-state index in [0.29, 0.717) is 6.54 Å². The summed E-state index contributed by atoms with van der Waals surface area (Å²) in [5.74, 6) is 0. The van der Waals surface area contributed by atoms with Gasteiger partial charge in [0.25, 0.3) is 0 Å². The predicted octanol–water partition coefficient (Wildman–Crippen LogP) is -2.82. The van der Waals surface area contributed by atoms with Gasteiger partial charge in [-0.3, -0.25) is 0 Å². The molecule has 1 aromatic heterocycles. The smallest absolute Gasteiger partial charge is 0.244 e. The molecule has 1 aromatic carbocycles. The summed E-state index contributed by atoms with van der Waals surface area (Å²) in [7, 11) is 0. The van der Waals surface area contributed by atoms with E-state index in [0.717, 1.165) is 6.54 Å². The molecule has 1 unspecified atom stereocenters. The SMILES string of the molecule is OCC(O)C[n+]1ccn(Cc2ccccc2)c1.[Cl-]. The minimum Gasteiger partial charge on any atom is -1.00 e. The Morgan fingerprint density at radius 3 is 2.61 bits per heavy atom. The van der Waals surface area contributed by atoms with E-state index >= 15 is 0 Å². The molecule has 1 atom stereocenters. The number of halogens is 1. The van der Waals surface area contributed by atoms with E-state index in [1.54, 1.807) is 0 Å². The first-order chi connectivity index (χ1) is 8.28. The highest BCUT2D eigenvalue weighted by molar-refractivity contribution is 5.14. The fraction of sp³-hybridized carbons (Fsp3) is 0.308. The molecule has 0 fully saturated rings. The molecule has 4 nitrogen and oxygen atoms in total. The Balaban J connectivity index is 0.00000162. The Bertz CT molecular complexity index is 459. The summed E-state index contributed by atoms with van der Waals surface area (Å²) in [6.07, 6.45) is 5.07. The molecule has 0 saturated carbocycles. The summed E-state index contributed by atoms with van der Waals surface area (Å²) >= 11 is 0. The first kappa shape index (κ1) is 14.7. The highest BCUT2D eigenvalue weighted by Gasteiger charge is 2.09. The molecule has 5 heteroatoms. The van der Waals surface area contributed by atoms with Crippen molar-refractivity contribution in [3.8, 4) is 0 Å². The molecule has 1 heterocycles. The van der Waals surface area contributed by atoms with Gasteiger partial charge in [0.05, 0.1) is 6.61 Å². The van der Waals surface area contributed by atoms with Gasteiger partial charge in [-0.1, -0.05) is 30.3 Å². The highest BCUT2D eigenvalue weighted by Crippen LogP contribution is 2.01. The lowest BCUT2D eigenvalue weighted by Gasteiger charge is -2.02. The molecule has 0 radical (unpaired) electrons. The van der Waals surface area contributed by atoms with Crippen LogP contribution in [0.5, 0.6) is 0 Å². The monoisotopic (exact) mass is 268 g/mol. The Morgan fingerprint density at radius 2 is 1.94 bits per heavy atom. The lowest BCUT2D eigenvalue weighted by Crippen LogP contribution is -3.00. The molecule has 0 aliphatic heterocycles. The van der Waals surface area contributed by atoms with E-state index in [1.165, 1.54) is 5.56 Å². The topological polar surface area (TPSA) is 49.3 Å². The van der Waals surface area contributed by atoms with Gasteiger partial charge >= 0.3 is 0 Å². The standard InChI is InChI=1S/C13H17N2O2.ClH/c16-10-13(17)9-15-7-6-14(11-15)8-12-4-2-1-3-5-12;/h1-7,11,13,16-17H,8-10H2;1H/q+1;/p-1. The molecule has 0 aliphatic carbocycles. The largest absolute Gasteiger partial charge is 1.00 e. The molecule has 0 bridgehead atoms. The van der Waals surface area contributed by atoms with Crippen molar-refractivity contribution < 1.29 is 27.2 Å². The van der Waals surface area contributed by atoms with Crippen molar-refractivity contribution in [2.75, 3.05) is 6.61 Å². The molecule has 2 aromatic rings. The Labute approximate surface area is 113 Å². The van der Waals surface area contributed by atoms with E-state index in [-0.39, 0.29) is 19.0 Å². The maximum atomic E-state index is 9.33. The number of aromatic nitrogens is 2. The van der Waals surface area contributed by atoms with Crippen LogP contribution in [0.25, 0.3) is 0 Å². The van der Waals surface area contributed by atoms with Crippen molar-refractivity contribution in [3.63, 3.8) is 0 Å². The third-order valence-electron chi connectivity index (χ3n) is 2.59. The second kappa shape index (κ2) is 7.16. The minimum atomic E-state index is -0.701. The fourth-order valence-electron chi connectivity index (χ4n) is 1.74. The second-order valence-electron chi connectivity index (χ2n) is 4.10. The normalized spacial score (nSPS) is 11.9. The quantitative estimate of drug-likeness (QED) is 0.575. The number of rotatable bonds is 5. The molecule has 2 N–H and O–H groups in total. The zero-order valence-electron chi connectivity index (χ0n) is 9.98. The molecule has 0 amide bonds. The molecular formula is C13H17ClN2O2. The zero-order chi connectivity index (χ0) is 12.1. The first-order valence-electron chi connectivity index (χ1n) is 5.65. The van der Waals surface area contributed by atoms with Crippen molar-refractivity contribution in [1.82, 2.24) is 4.57 Å². The van der Waals surface area contributed by atoms with E-state index in [9.17, 15) is 5.11 Å². The zero-order valence-corrected chi connectivity index (χ0v) is 10.7. The molecule has 0 aliphatic rings. The van der Waals surface area contributed by atoms with E-state index < -0.39 is 6.10 Å². The van der Waals surface area contributed by atoms with E-state index in [2.05, 4.69) is 12.1 Å². The average Bonchev–Trinajstić information content (AvgIpc) is 2.77. The number of benzene rings is 1. The van der Waals surface area contributed by atoms with Crippen molar-refractivity contribution >= 4 is 0 Å². The molecule has 18 heavy (non-hydrogen) atoms. The van der Waals surface area contributed by atoms with E-state index in [4.69, 9.17) is 5.11 Å². The average molecular weight is 269 g/mol. The summed E-state index contributed by atoms with van der Waals surface area (Å²) in [4.78, 5) is 0. The van der Waals surface area contributed by atoms with Crippen LogP contribution in [0.2, 0.25) is 0 Å². The number of hydrogen-bond acceptors (Lipinski definition) is 2. The number of nitrogens with zero attached hydrogens (tertiary/aromatic N) is 2. The van der Waals surface area contributed by atoms with Crippen molar-refractivity contribution in [2.24, 2.45) is 0 Å². The maximum absolute atomic E-state index is 9.33. The van der Waals surface area contributed by atoms with Gasteiger partial charge in [-0.25, -0.2) is 9.13 Å².